The van der Waals surface area contributed by atoms with Gasteiger partial charge in [-0.2, -0.15) is 0 Å². The highest BCUT2D eigenvalue weighted by Crippen LogP contribution is 2.39. The molecule has 0 aliphatic carbocycles. The van der Waals surface area contributed by atoms with Crippen LogP contribution in [0.3, 0.4) is 0 Å². The lowest BCUT2D eigenvalue weighted by Crippen LogP contribution is -2.10. The number of hydrogen-bond donors (Lipinski definition) is 0. The molecule has 102 heavy (non-hydrogen) atoms. The molecule has 5 aromatic carbocycles. The van der Waals surface area contributed by atoms with E-state index >= 15 is 0 Å². The number of esters is 2. The smallest absolute Gasteiger partial charge is 0.343 e. The molecule has 0 spiro atoms. The average Bonchev–Trinajstić information content (AvgIpc) is 1.66. The Morgan fingerprint density at radius 1 is 0.275 bits per heavy atom. The highest BCUT2D eigenvalue weighted by Gasteiger charge is 2.19. The van der Waals surface area contributed by atoms with E-state index in [0.717, 1.165) is 92.9 Å². The quantitative estimate of drug-likeness (QED) is 0.0207. The van der Waals surface area contributed by atoms with Crippen molar-refractivity contribution in [2.24, 2.45) is 0 Å². The fourth-order valence-corrected chi connectivity index (χ4v) is 15.5. The maximum absolute atomic E-state index is 13.7. The molecule has 0 fully saturated rings. The third-order valence-corrected chi connectivity index (χ3v) is 22.0. The largest absolute Gasteiger partial charge is 0.490 e. The first-order valence-electron chi connectivity index (χ1n) is 41.5. The van der Waals surface area contributed by atoms with E-state index in [9.17, 15) is 9.59 Å². The zero-order chi connectivity index (χ0) is 71.5. The van der Waals surface area contributed by atoms with E-state index in [4.69, 9.17) is 38.4 Å². The first-order valence-corrected chi connectivity index (χ1v) is 43.1. The molecule has 0 unspecified atom stereocenters. The zero-order valence-corrected chi connectivity index (χ0v) is 65.6. The number of benzene rings is 5. The fourth-order valence-electron chi connectivity index (χ4n) is 13.5. The molecule has 0 saturated heterocycles. The Morgan fingerprint density at radius 3 is 0.765 bits per heavy atom. The molecule has 0 radical (unpaired) electrons. The van der Waals surface area contributed by atoms with Crippen LogP contribution in [0.5, 0.6) is 34.5 Å². The number of thiazole rings is 2. The first kappa shape index (κ1) is 83.3. The number of nitrogens with zero attached hydrogens (tertiary/aromatic N) is 2. The van der Waals surface area contributed by atoms with E-state index in [2.05, 4.69) is 39.8 Å². The lowest BCUT2D eigenvalue weighted by Gasteiger charge is -2.14. The Hall–Kier alpha value is -5.98. The van der Waals surface area contributed by atoms with Gasteiger partial charge in [-0.05, 0) is 123 Å². The number of rotatable bonds is 62. The van der Waals surface area contributed by atoms with Crippen LogP contribution in [-0.2, 0) is 0 Å². The van der Waals surface area contributed by atoms with Crippen molar-refractivity contribution >= 4 is 55.0 Å². The molecule has 0 saturated carbocycles. The van der Waals surface area contributed by atoms with E-state index in [1.165, 1.54) is 257 Å². The molecule has 10 nitrogen and oxygen atoms in total. The predicted octanol–water partition coefficient (Wildman–Crippen LogP) is 29.0. The fraction of sp³-hybridized carbons (Fsp3) is 0.622. The monoisotopic (exact) mass is 1430 g/mol. The molecule has 0 aliphatic heterocycles. The van der Waals surface area contributed by atoms with Gasteiger partial charge >= 0.3 is 11.9 Å². The van der Waals surface area contributed by atoms with Crippen molar-refractivity contribution in [2.75, 3.05) is 26.4 Å². The number of hydrogen-bond acceptors (Lipinski definition) is 12. The van der Waals surface area contributed by atoms with Crippen LogP contribution in [0, 0.1) is 0 Å². The lowest BCUT2D eigenvalue weighted by atomic mass is 10.1. The molecule has 12 heteroatoms. The van der Waals surface area contributed by atoms with E-state index < -0.39 is 11.9 Å². The van der Waals surface area contributed by atoms with Crippen LogP contribution in [0.25, 0.3) is 41.6 Å². The van der Waals surface area contributed by atoms with Gasteiger partial charge in [0.25, 0.3) is 0 Å². The van der Waals surface area contributed by atoms with Crippen molar-refractivity contribution in [2.45, 2.75) is 336 Å². The van der Waals surface area contributed by atoms with Crippen LogP contribution in [-0.4, -0.2) is 48.3 Å². The lowest BCUT2D eigenvalue weighted by molar-refractivity contribution is 0.0724. The average molecular weight is 1430 g/mol. The first-order chi connectivity index (χ1) is 50.3. The van der Waals surface area contributed by atoms with Crippen molar-refractivity contribution in [3.63, 3.8) is 0 Å². The summed E-state index contributed by atoms with van der Waals surface area (Å²) in [4.78, 5) is 37.6. The van der Waals surface area contributed by atoms with Crippen molar-refractivity contribution < 1.29 is 38.0 Å². The van der Waals surface area contributed by atoms with Gasteiger partial charge in [0.1, 0.15) is 21.5 Å². The number of unbranched alkanes of at least 4 members (excludes halogenated alkanes) is 44. The van der Waals surface area contributed by atoms with Gasteiger partial charge in [0.15, 0.2) is 23.0 Å². The molecule has 7 aromatic rings. The summed E-state index contributed by atoms with van der Waals surface area (Å²) in [5.74, 6) is 2.57. The molecular formula is C90H132N2O8S2. The minimum Gasteiger partial charge on any atom is -0.490 e. The Morgan fingerprint density at radius 2 is 0.510 bits per heavy atom. The van der Waals surface area contributed by atoms with Gasteiger partial charge < -0.3 is 28.4 Å². The van der Waals surface area contributed by atoms with Gasteiger partial charge in [0.05, 0.1) is 58.0 Å². The highest BCUT2D eigenvalue weighted by atomic mass is 32.1. The number of aromatic nitrogens is 2. The van der Waals surface area contributed by atoms with Crippen LogP contribution in [0.4, 0.5) is 0 Å². The molecule has 0 bridgehead atoms. The van der Waals surface area contributed by atoms with Crippen molar-refractivity contribution in [3.05, 3.63) is 108 Å². The van der Waals surface area contributed by atoms with Gasteiger partial charge in [-0.25, -0.2) is 19.6 Å². The summed E-state index contributed by atoms with van der Waals surface area (Å²) >= 11 is 3.21. The van der Waals surface area contributed by atoms with Crippen LogP contribution in [0.1, 0.15) is 357 Å². The normalized spacial score (nSPS) is 11.5. The van der Waals surface area contributed by atoms with Crippen molar-refractivity contribution in [1.82, 2.24) is 9.97 Å². The molecular weight excluding hydrogens is 1300 g/mol. The van der Waals surface area contributed by atoms with Gasteiger partial charge in [0.2, 0.25) is 0 Å². The summed E-state index contributed by atoms with van der Waals surface area (Å²) in [5, 5.41) is 1.74. The predicted molar refractivity (Wildman–Crippen MR) is 433 cm³/mol. The number of carbonyl (C=O) groups excluding carboxylic acids is 2. The second-order valence-electron chi connectivity index (χ2n) is 28.9. The summed E-state index contributed by atoms with van der Waals surface area (Å²) in [6.07, 6.45) is 61.9. The number of carbonyl (C=O) groups is 2. The summed E-state index contributed by atoms with van der Waals surface area (Å²) in [7, 11) is 0. The van der Waals surface area contributed by atoms with Gasteiger partial charge in [-0.1, -0.05) is 310 Å². The van der Waals surface area contributed by atoms with E-state index in [-0.39, 0.29) is 0 Å². The Kier molecular flexibility index (Phi) is 43.2. The third-order valence-electron chi connectivity index (χ3n) is 19.9. The Labute approximate surface area is 625 Å². The van der Waals surface area contributed by atoms with Gasteiger partial charge in [-0.3, -0.25) is 0 Å². The Balaban J connectivity index is 0.884. The maximum atomic E-state index is 13.7. The minimum absolute atomic E-state index is 0.421. The second-order valence-corrected chi connectivity index (χ2v) is 31.0. The Bertz CT molecular complexity index is 3050. The van der Waals surface area contributed by atoms with Crippen LogP contribution >= 0.6 is 22.7 Å². The van der Waals surface area contributed by atoms with E-state index in [0.29, 0.717) is 72.1 Å². The molecule has 562 valence electrons. The minimum atomic E-state index is -0.446. The van der Waals surface area contributed by atoms with Crippen LogP contribution in [0.2, 0.25) is 0 Å². The summed E-state index contributed by atoms with van der Waals surface area (Å²) in [6.45, 7) is 11.5. The molecule has 2 heterocycles. The van der Waals surface area contributed by atoms with Crippen molar-refractivity contribution in [1.29, 1.82) is 0 Å². The van der Waals surface area contributed by atoms with E-state index in [1.807, 2.05) is 60.7 Å². The molecule has 7 rings (SSSR count). The molecule has 0 amide bonds. The van der Waals surface area contributed by atoms with Crippen LogP contribution < -0.4 is 28.4 Å². The van der Waals surface area contributed by atoms with Crippen LogP contribution in [0.15, 0.2) is 97.1 Å². The van der Waals surface area contributed by atoms with E-state index in [1.54, 1.807) is 46.9 Å². The standard InChI is InChI=1S/C90H132N2O8S2/c1-5-9-13-17-21-25-29-33-37-41-45-49-65-95-81-63-57-75(69-83(81)97-67-51-47-43-39-35-31-27-23-19-15-11-7-3)89(93)99-77-59-53-73(54-60-77)87-91-79-71-86-80(72-85(79)101-87)92-88(102-86)74-55-61-78(62-56-74)100-90(94)76-58-64-82(96-66-50-46-42-38-34-30-26-22-18-14-10-6-2)84(70-76)98-68-52-48-44-40-36-32-28-24-20-16-12-8-4/h53-64,69-72H,5-52,65-68H2,1-4H3. The number of ether oxygens (including phenoxy) is 6. The summed E-state index contributed by atoms with van der Waals surface area (Å²) in [6, 6.07) is 30.2. The SMILES string of the molecule is CCCCCCCCCCCCCCOc1ccc(C(=O)Oc2ccc(-c3nc4cc5sc(-c6ccc(OC(=O)c7ccc(OCCCCCCCCCCCCCC)c(OCCCCCCCCCCCCCC)c7)cc6)nc5cc4s3)cc2)cc1OCCCCCCCCCCCCCC. The van der Waals surface area contributed by atoms with Gasteiger partial charge in [-0.15, -0.1) is 22.7 Å². The number of fused-ring (bicyclic) bond motifs is 2. The zero-order valence-electron chi connectivity index (χ0n) is 64.0. The third kappa shape index (κ3) is 33.4. The maximum Gasteiger partial charge on any atom is 0.343 e. The summed E-state index contributed by atoms with van der Waals surface area (Å²) < 4.78 is 39.4. The molecule has 2 aromatic heterocycles. The van der Waals surface area contributed by atoms with Crippen molar-refractivity contribution in [3.8, 4) is 55.6 Å². The van der Waals surface area contributed by atoms with Gasteiger partial charge in [0, 0.05) is 11.1 Å². The molecule has 0 atom stereocenters. The highest BCUT2D eigenvalue weighted by molar-refractivity contribution is 7.23. The summed E-state index contributed by atoms with van der Waals surface area (Å²) in [5.41, 5.74) is 4.50. The molecule has 0 N–H and O–H groups in total. The molecule has 0 aliphatic rings. The second kappa shape index (κ2) is 52.9. The topological polar surface area (TPSA) is 115 Å².